The lowest BCUT2D eigenvalue weighted by Crippen LogP contribution is -2.02. The Bertz CT molecular complexity index is 1730. The predicted octanol–water partition coefficient (Wildman–Crippen LogP) is 12.0. The zero-order valence-corrected chi connectivity index (χ0v) is 28.4. The minimum Gasteiger partial charge on any atom is -0.478 e. The van der Waals surface area contributed by atoms with Gasteiger partial charge in [0, 0.05) is 30.6 Å². The Morgan fingerprint density at radius 2 is 1.11 bits per heavy atom. The predicted molar refractivity (Wildman–Crippen MR) is 193 cm³/mol. The first-order valence-electron chi connectivity index (χ1n) is 16.4. The van der Waals surface area contributed by atoms with Crippen molar-refractivity contribution in [2.24, 2.45) is 0 Å². The first kappa shape index (κ1) is 33.4. The Hall–Kier alpha value is -4.00. The van der Waals surface area contributed by atoms with Crippen LogP contribution in [0.15, 0.2) is 84.9 Å². The summed E-state index contributed by atoms with van der Waals surface area (Å²) in [5, 5.41) is 10.3. The Kier molecular flexibility index (Phi) is 12.0. The molecule has 0 spiro atoms. The van der Waals surface area contributed by atoms with Crippen LogP contribution in [0.2, 0.25) is 0 Å². The minimum atomic E-state index is -1.03. The van der Waals surface area contributed by atoms with Crippen LogP contribution in [0.4, 0.5) is 0 Å². The van der Waals surface area contributed by atoms with E-state index in [2.05, 4.69) is 62.4 Å². The summed E-state index contributed by atoms with van der Waals surface area (Å²) < 4.78 is 5.46. The van der Waals surface area contributed by atoms with Crippen molar-refractivity contribution in [1.29, 1.82) is 0 Å². The van der Waals surface area contributed by atoms with Gasteiger partial charge in [-0.15, -0.1) is 22.7 Å². The maximum Gasteiger partial charge on any atom is 0.336 e. The molecule has 0 atom stereocenters. The van der Waals surface area contributed by atoms with Crippen LogP contribution in [-0.2, 0) is 17.6 Å². The van der Waals surface area contributed by atoms with Crippen LogP contribution in [0.3, 0.4) is 0 Å². The van der Waals surface area contributed by atoms with Crippen LogP contribution in [0.5, 0.6) is 5.75 Å². The van der Waals surface area contributed by atoms with Gasteiger partial charge >= 0.3 is 5.97 Å². The largest absolute Gasteiger partial charge is 0.478 e. The summed E-state index contributed by atoms with van der Waals surface area (Å²) >= 11 is 3.09. The van der Waals surface area contributed by atoms with Crippen LogP contribution >= 0.6 is 22.7 Å². The topological polar surface area (TPSA) is 63.6 Å². The first-order chi connectivity index (χ1) is 22.5. The molecule has 0 aliphatic heterocycles. The van der Waals surface area contributed by atoms with Crippen LogP contribution in [-0.4, -0.2) is 17.5 Å². The number of carbonyl (C=O) groups excluding carboxylic acids is 1. The molecule has 5 rings (SSSR count). The van der Waals surface area contributed by atoms with E-state index in [1.165, 1.54) is 73.8 Å². The molecule has 0 amide bonds. The lowest BCUT2D eigenvalue weighted by molar-refractivity contribution is -0.120. The van der Waals surface area contributed by atoms with E-state index in [1.807, 2.05) is 24.3 Å². The van der Waals surface area contributed by atoms with E-state index in [0.717, 1.165) is 43.5 Å². The standard InChI is InChI=1S/C40H42O4S2/c1-3-5-7-9-11-28-13-17-30(18-14-28)36-21-23-38(45-36)32-26-35(44-27-41)34(25-33(32)40(42)43)39-24-22-37(46-39)31-19-15-29(16-20-31)12-10-8-6-4-2/h13-27H,3-12H2,1-2H3,(H,42,43). The Labute approximate surface area is 280 Å². The maximum atomic E-state index is 12.6. The van der Waals surface area contributed by atoms with Gasteiger partial charge in [-0.3, -0.25) is 4.79 Å². The molecule has 0 aliphatic rings. The SMILES string of the molecule is CCCCCCc1ccc(-c2ccc(-c3cc(C(=O)O)c(-c4ccc(-c5ccc(CCCCCC)cc5)s4)cc3OC=O)s2)cc1. The molecule has 0 unspecified atom stereocenters. The highest BCUT2D eigenvalue weighted by Crippen LogP contribution is 2.44. The number of unbranched alkanes of at least 4 members (excludes halogenated alkanes) is 6. The Balaban J connectivity index is 1.39. The zero-order chi connectivity index (χ0) is 32.3. The van der Waals surface area contributed by atoms with Crippen LogP contribution in [0.25, 0.3) is 41.8 Å². The van der Waals surface area contributed by atoms with Crippen LogP contribution in [0, 0.1) is 0 Å². The van der Waals surface area contributed by atoms with Crippen molar-refractivity contribution < 1.29 is 19.4 Å². The molecule has 0 saturated carbocycles. The fourth-order valence-electron chi connectivity index (χ4n) is 5.76. The second-order valence-corrected chi connectivity index (χ2v) is 13.9. The minimum absolute atomic E-state index is 0.173. The lowest BCUT2D eigenvalue weighted by atomic mass is 10.0. The molecule has 0 bridgehead atoms. The van der Waals surface area contributed by atoms with Crippen LogP contribution in [0.1, 0.15) is 86.7 Å². The van der Waals surface area contributed by atoms with E-state index in [0.29, 0.717) is 23.3 Å². The molecule has 238 valence electrons. The van der Waals surface area contributed by atoms with Crippen molar-refractivity contribution in [3.63, 3.8) is 0 Å². The van der Waals surface area contributed by atoms with Gasteiger partial charge in [0.05, 0.1) is 5.56 Å². The van der Waals surface area contributed by atoms with Crippen molar-refractivity contribution in [1.82, 2.24) is 0 Å². The Morgan fingerprint density at radius 3 is 1.57 bits per heavy atom. The second-order valence-electron chi connectivity index (χ2n) is 11.8. The average Bonchev–Trinajstić information content (AvgIpc) is 3.77. The molecule has 2 aromatic heterocycles. The third-order valence-corrected chi connectivity index (χ3v) is 10.7. The van der Waals surface area contributed by atoms with Gasteiger partial charge in [0.1, 0.15) is 5.75 Å². The van der Waals surface area contributed by atoms with Crippen molar-refractivity contribution in [3.05, 3.63) is 102 Å². The molecule has 2 heterocycles. The summed E-state index contributed by atoms with van der Waals surface area (Å²) in [5.41, 5.74) is 6.17. The molecule has 1 N–H and O–H groups in total. The van der Waals surface area contributed by atoms with Crippen LogP contribution < -0.4 is 4.74 Å². The van der Waals surface area contributed by atoms with Gasteiger partial charge in [-0.05, 0) is 84.3 Å². The number of hydrogen-bond donors (Lipinski definition) is 1. The third-order valence-electron chi connectivity index (χ3n) is 8.38. The van der Waals surface area contributed by atoms with Gasteiger partial charge in [-0.1, -0.05) is 101 Å². The average molecular weight is 651 g/mol. The lowest BCUT2D eigenvalue weighted by Gasteiger charge is -2.12. The van der Waals surface area contributed by atoms with E-state index in [4.69, 9.17) is 4.74 Å². The number of rotatable bonds is 17. The molecule has 6 heteroatoms. The number of thiophene rings is 2. The monoisotopic (exact) mass is 650 g/mol. The van der Waals surface area contributed by atoms with Crippen molar-refractivity contribution in [2.45, 2.75) is 78.1 Å². The van der Waals surface area contributed by atoms with Gasteiger partial charge in [0.15, 0.2) is 0 Å². The van der Waals surface area contributed by atoms with E-state index >= 15 is 0 Å². The van der Waals surface area contributed by atoms with Crippen molar-refractivity contribution in [2.75, 3.05) is 0 Å². The summed E-state index contributed by atoms with van der Waals surface area (Å²) in [6.45, 7) is 4.86. The molecule has 46 heavy (non-hydrogen) atoms. The highest BCUT2D eigenvalue weighted by molar-refractivity contribution is 7.19. The van der Waals surface area contributed by atoms with Gasteiger partial charge in [-0.2, -0.15) is 0 Å². The van der Waals surface area contributed by atoms with Gasteiger partial charge < -0.3 is 9.84 Å². The summed E-state index contributed by atoms with van der Waals surface area (Å²) in [6.07, 6.45) is 12.1. The molecule has 0 fully saturated rings. The summed E-state index contributed by atoms with van der Waals surface area (Å²) in [5.74, 6) is -0.684. The molecule has 0 aliphatic carbocycles. The third kappa shape index (κ3) is 8.42. The van der Waals surface area contributed by atoms with Crippen molar-refractivity contribution >= 4 is 35.1 Å². The smallest absolute Gasteiger partial charge is 0.336 e. The number of hydrogen-bond acceptors (Lipinski definition) is 5. The van der Waals surface area contributed by atoms with Gasteiger partial charge in [0.2, 0.25) is 0 Å². The number of carboxylic acid groups (broad SMARTS) is 1. The highest BCUT2D eigenvalue weighted by Gasteiger charge is 2.21. The fourth-order valence-corrected chi connectivity index (χ4v) is 7.84. The zero-order valence-electron chi connectivity index (χ0n) is 26.7. The molecule has 3 aromatic carbocycles. The number of ether oxygens (including phenoxy) is 1. The summed E-state index contributed by atoms with van der Waals surface area (Å²) in [4.78, 5) is 27.9. The van der Waals surface area contributed by atoms with E-state index in [-0.39, 0.29) is 5.56 Å². The molecule has 0 radical (unpaired) electrons. The molecule has 0 saturated heterocycles. The maximum absolute atomic E-state index is 12.6. The number of aromatic carboxylic acids is 1. The summed E-state index contributed by atoms with van der Waals surface area (Å²) in [6, 6.07) is 28.6. The van der Waals surface area contributed by atoms with Gasteiger partial charge in [0.25, 0.3) is 6.47 Å². The molecule has 4 nitrogen and oxygen atoms in total. The summed E-state index contributed by atoms with van der Waals surface area (Å²) in [7, 11) is 0. The van der Waals surface area contributed by atoms with Crippen molar-refractivity contribution in [3.8, 4) is 47.5 Å². The Morgan fingerprint density at radius 1 is 0.630 bits per heavy atom. The quantitative estimate of drug-likeness (QED) is 0.0803. The normalized spacial score (nSPS) is 11.1. The van der Waals surface area contributed by atoms with Gasteiger partial charge in [-0.25, -0.2) is 4.79 Å². The molecular formula is C40H42O4S2. The first-order valence-corrected chi connectivity index (χ1v) is 18.0. The number of aryl methyl sites for hydroxylation is 2. The molecule has 5 aromatic rings. The highest BCUT2D eigenvalue weighted by atomic mass is 32.1. The van der Waals surface area contributed by atoms with E-state index in [9.17, 15) is 14.7 Å². The fraction of sp³-hybridized carbons (Fsp3) is 0.300. The number of carbonyl (C=O) groups is 2. The number of carboxylic acids is 1. The second kappa shape index (κ2) is 16.5. The molecular weight excluding hydrogens is 609 g/mol. The number of benzene rings is 3. The van der Waals surface area contributed by atoms with E-state index < -0.39 is 5.97 Å². The van der Waals surface area contributed by atoms with E-state index in [1.54, 1.807) is 23.5 Å².